The first-order chi connectivity index (χ1) is 13.1. The summed E-state index contributed by atoms with van der Waals surface area (Å²) in [7, 11) is 0. The molecule has 0 amide bonds. The first kappa shape index (κ1) is 16.8. The standard InChI is InChI=1S/C25H19NO/c1-17(10-11-18-6-4-5-9-24(18)26)25(27)22-13-12-21-14-19-7-2-3-8-20(19)15-23(21)16-22/h2-16H,1,26H2/b11-10-. The molecule has 2 nitrogen and oxygen atoms in total. The summed E-state index contributed by atoms with van der Waals surface area (Å²) in [5.41, 5.74) is 8.54. The first-order valence-corrected chi connectivity index (χ1v) is 8.80. The largest absolute Gasteiger partial charge is 0.398 e. The Kier molecular flexibility index (Phi) is 4.31. The second-order valence-electron chi connectivity index (χ2n) is 6.58. The predicted molar refractivity (Wildman–Crippen MR) is 115 cm³/mol. The highest BCUT2D eigenvalue weighted by atomic mass is 16.1. The minimum Gasteiger partial charge on any atom is -0.398 e. The van der Waals surface area contributed by atoms with Crippen LogP contribution in [0.25, 0.3) is 27.6 Å². The summed E-state index contributed by atoms with van der Waals surface area (Å²) < 4.78 is 0. The van der Waals surface area contributed by atoms with Gasteiger partial charge in [0, 0.05) is 16.8 Å². The minimum atomic E-state index is -0.0872. The summed E-state index contributed by atoms with van der Waals surface area (Å²) in [6, 6.07) is 25.8. The number of carbonyl (C=O) groups excluding carboxylic acids is 1. The van der Waals surface area contributed by atoms with Gasteiger partial charge >= 0.3 is 0 Å². The van der Waals surface area contributed by atoms with Crippen LogP contribution in [-0.2, 0) is 0 Å². The zero-order chi connectivity index (χ0) is 18.8. The normalized spacial score (nSPS) is 11.3. The van der Waals surface area contributed by atoms with E-state index in [1.807, 2.05) is 60.7 Å². The number of Topliss-reactive ketones (excluding diaryl/α,β-unsaturated/α-hetero) is 1. The smallest absolute Gasteiger partial charge is 0.192 e. The van der Waals surface area contributed by atoms with E-state index < -0.39 is 0 Å². The highest BCUT2D eigenvalue weighted by Gasteiger charge is 2.09. The SMILES string of the molecule is C=C(/C=C\c1ccccc1N)C(=O)c1ccc2cc3ccccc3cc2c1. The van der Waals surface area contributed by atoms with Crippen LogP contribution in [0, 0.1) is 0 Å². The number of nitrogens with two attached hydrogens (primary N) is 1. The molecule has 4 rings (SSSR count). The van der Waals surface area contributed by atoms with Crippen molar-refractivity contribution >= 4 is 39.1 Å². The fourth-order valence-electron chi connectivity index (χ4n) is 3.20. The zero-order valence-electron chi connectivity index (χ0n) is 14.9. The molecule has 0 spiro atoms. The summed E-state index contributed by atoms with van der Waals surface area (Å²) in [6.07, 6.45) is 3.54. The number of nitrogen functional groups attached to an aromatic ring is 1. The number of fused-ring (bicyclic) bond motifs is 2. The van der Waals surface area contributed by atoms with E-state index in [0.717, 1.165) is 21.7 Å². The van der Waals surface area contributed by atoms with Crippen LogP contribution in [0.5, 0.6) is 0 Å². The van der Waals surface area contributed by atoms with Crippen molar-refractivity contribution in [2.75, 3.05) is 5.73 Å². The predicted octanol–water partition coefficient (Wildman–Crippen LogP) is 6.03. The number of allylic oxidation sites excluding steroid dienone is 2. The second kappa shape index (κ2) is 6.93. The van der Waals surface area contributed by atoms with E-state index in [0.29, 0.717) is 16.8 Å². The van der Waals surface area contributed by atoms with Gasteiger partial charge in [-0.1, -0.05) is 73.3 Å². The monoisotopic (exact) mass is 349 g/mol. The van der Waals surface area contributed by atoms with Crippen LogP contribution in [0.15, 0.2) is 97.1 Å². The number of anilines is 1. The Morgan fingerprint density at radius 1 is 0.778 bits per heavy atom. The number of benzene rings is 4. The van der Waals surface area contributed by atoms with Crippen molar-refractivity contribution in [3.63, 3.8) is 0 Å². The molecule has 0 aliphatic rings. The molecule has 0 bridgehead atoms. The van der Waals surface area contributed by atoms with Crippen LogP contribution in [0.4, 0.5) is 5.69 Å². The van der Waals surface area contributed by atoms with Gasteiger partial charge in [0.15, 0.2) is 5.78 Å². The highest BCUT2D eigenvalue weighted by molar-refractivity contribution is 6.12. The van der Waals surface area contributed by atoms with Crippen molar-refractivity contribution in [3.05, 3.63) is 108 Å². The van der Waals surface area contributed by atoms with Gasteiger partial charge in [-0.05, 0) is 51.4 Å². The average Bonchev–Trinajstić information content (AvgIpc) is 2.70. The molecule has 0 radical (unpaired) electrons. The maximum atomic E-state index is 12.8. The zero-order valence-corrected chi connectivity index (χ0v) is 14.9. The first-order valence-electron chi connectivity index (χ1n) is 8.80. The van der Waals surface area contributed by atoms with Gasteiger partial charge in [0.05, 0.1) is 0 Å². The molecular formula is C25H19NO. The Morgan fingerprint density at radius 2 is 1.41 bits per heavy atom. The highest BCUT2D eigenvalue weighted by Crippen LogP contribution is 2.25. The Morgan fingerprint density at radius 3 is 2.15 bits per heavy atom. The summed E-state index contributed by atoms with van der Waals surface area (Å²) in [6.45, 7) is 3.93. The van der Waals surface area contributed by atoms with Crippen LogP contribution >= 0.6 is 0 Å². The van der Waals surface area contributed by atoms with E-state index in [-0.39, 0.29) is 5.78 Å². The Bertz CT molecular complexity index is 1220. The topological polar surface area (TPSA) is 43.1 Å². The lowest BCUT2D eigenvalue weighted by Gasteiger charge is -2.06. The van der Waals surface area contributed by atoms with Crippen LogP contribution in [0.1, 0.15) is 15.9 Å². The summed E-state index contributed by atoms with van der Waals surface area (Å²) in [4.78, 5) is 12.8. The Labute approximate surface area is 158 Å². The van der Waals surface area contributed by atoms with Crippen LogP contribution in [0.3, 0.4) is 0 Å². The van der Waals surface area contributed by atoms with Crippen molar-refractivity contribution in [1.29, 1.82) is 0 Å². The van der Waals surface area contributed by atoms with E-state index in [1.54, 1.807) is 6.08 Å². The Balaban J connectivity index is 1.64. The third-order valence-electron chi connectivity index (χ3n) is 4.72. The molecule has 130 valence electrons. The van der Waals surface area contributed by atoms with E-state index >= 15 is 0 Å². The maximum absolute atomic E-state index is 12.8. The van der Waals surface area contributed by atoms with Crippen LogP contribution in [0.2, 0.25) is 0 Å². The molecule has 27 heavy (non-hydrogen) atoms. The summed E-state index contributed by atoms with van der Waals surface area (Å²) >= 11 is 0. The quantitative estimate of drug-likeness (QED) is 0.161. The van der Waals surface area contributed by atoms with Gasteiger partial charge in [-0.15, -0.1) is 0 Å². The fraction of sp³-hybridized carbons (Fsp3) is 0. The van der Waals surface area contributed by atoms with Gasteiger partial charge in [0.2, 0.25) is 0 Å². The molecule has 0 saturated carbocycles. The fourth-order valence-corrected chi connectivity index (χ4v) is 3.20. The number of hydrogen-bond acceptors (Lipinski definition) is 2. The number of ketones is 1. The van der Waals surface area contributed by atoms with Gasteiger partial charge in [-0.2, -0.15) is 0 Å². The van der Waals surface area contributed by atoms with Gasteiger partial charge < -0.3 is 5.73 Å². The number of para-hydroxylation sites is 1. The van der Waals surface area contributed by atoms with Crippen molar-refractivity contribution < 1.29 is 4.79 Å². The molecule has 0 fully saturated rings. The molecule has 4 aromatic carbocycles. The third kappa shape index (κ3) is 3.38. The molecule has 4 aromatic rings. The molecule has 0 saturated heterocycles. The molecule has 0 aliphatic heterocycles. The van der Waals surface area contributed by atoms with Crippen LogP contribution < -0.4 is 5.73 Å². The lowest BCUT2D eigenvalue weighted by Crippen LogP contribution is -2.00. The third-order valence-corrected chi connectivity index (χ3v) is 4.72. The van der Waals surface area contributed by atoms with E-state index in [1.165, 1.54) is 5.39 Å². The lowest BCUT2D eigenvalue weighted by molar-refractivity contribution is 0.103. The molecule has 0 aromatic heterocycles. The number of hydrogen-bond donors (Lipinski definition) is 1. The van der Waals surface area contributed by atoms with Crippen molar-refractivity contribution in [3.8, 4) is 0 Å². The summed E-state index contributed by atoms with van der Waals surface area (Å²) in [5.74, 6) is -0.0872. The molecule has 0 unspecified atom stereocenters. The molecule has 2 heteroatoms. The molecule has 2 N–H and O–H groups in total. The second-order valence-corrected chi connectivity index (χ2v) is 6.58. The van der Waals surface area contributed by atoms with Gasteiger partial charge in [0.1, 0.15) is 0 Å². The number of rotatable bonds is 4. The molecular weight excluding hydrogens is 330 g/mol. The number of carbonyl (C=O) groups is 1. The van der Waals surface area contributed by atoms with Gasteiger partial charge in [-0.25, -0.2) is 0 Å². The van der Waals surface area contributed by atoms with E-state index in [4.69, 9.17) is 5.73 Å². The van der Waals surface area contributed by atoms with Crippen LogP contribution in [-0.4, -0.2) is 5.78 Å². The lowest BCUT2D eigenvalue weighted by atomic mass is 9.98. The van der Waals surface area contributed by atoms with Gasteiger partial charge in [0.25, 0.3) is 0 Å². The van der Waals surface area contributed by atoms with E-state index in [9.17, 15) is 4.79 Å². The Hall–Kier alpha value is -3.65. The van der Waals surface area contributed by atoms with Crippen molar-refractivity contribution in [2.45, 2.75) is 0 Å². The maximum Gasteiger partial charge on any atom is 0.192 e. The average molecular weight is 349 g/mol. The summed E-state index contributed by atoms with van der Waals surface area (Å²) in [5, 5.41) is 4.51. The van der Waals surface area contributed by atoms with Crippen molar-refractivity contribution in [1.82, 2.24) is 0 Å². The molecule has 0 aliphatic carbocycles. The minimum absolute atomic E-state index is 0.0872. The van der Waals surface area contributed by atoms with Gasteiger partial charge in [-0.3, -0.25) is 4.79 Å². The molecule has 0 heterocycles. The van der Waals surface area contributed by atoms with E-state index in [2.05, 4.69) is 30.8 Å². The molecule has 0 atom stereocenters. The van der Waals surface area contributed by atoms with Crippen molar-refractivity contribution in [2.24, 2.45) is 0 Å².